The van der Waals surface area contributed by atoms with E-state index >= 15 is 0 Å². The van der Waals surface area contributed by atoms with Crippen molar-refractivity contribution in [1.82, 2.24) is 5.32 Å². The van der Waals surface area contributed by atoms with Gasteiger partial charge in [0.15, 0.2) is 0 Å². The highest BCUT2D eigenvalue weighted by molar-refractivity contribution is 9.09. The van der Waals surface area contributed by atoms with Crippen LogP contribution in [0.2, 0.25) is 0 Å². The molecular weight excluding hydrogens is 326 g/mol. The third-order valence-electron chi connectivity index (χ3n) is 5.81. The molecule has 2 fully saturated rings. The Balaban J connectivity index is 1.50. The molecule has 112 valence electrons. The maximum absolute atomic E-state index is 12.0. The van der Waals surface area contributed by atoms with Crippen molar-refractivity contribution in [3.05, 3.63) is 34.9 Å². The number of carbonyl (C=O) groups is 1. The number of hydrogen-bond acceptors (Lipinski definition) is 1. The average molecular weight is 348 g/mol. The van der Waals surface area contributed by atoms with Crippen LogP contribution in [0.4, 0.5) is 0 Å². The lowest BCUT2D eigenvalue weighted by Gasteiger charge is -2.25. The molecule has 4 unspecified atom stereocenters. The topological polar surface area (TPSA) is 29.1 Å². The summed E-state index contributed by atoms with van der Waals surface area (Å²) in [6.07, 6.45) is 7.99. The summed E-state index contributed by atoms with van der Waals surface area (Å²) in [4.78, 5) is 12.4. The maximum atomic E-state index is 12.0. The van der Waals surface area contributed by atoms with Gasteiger partial charge >= 0.3 is 0 Å². The number of fused-ring (bicyclic) bond motifs is 3. The Morgan fingerprint density at radius 3 is 2.95 bits per heavy atom. The Labute approximate surface area is 134 Å². The number of carbonyl (C=O) groups excluding carboxylic acids is 1. The van der Waals surface area contributed by atoms with Crippen LogP contribution in [0, 0.1) is 17.8 Å². The largest absolute Gasteiger partial charge is 0.352 e. The number of rotatable bonds is 3. The minimum atomic E-state index is 0.0951. The minimum Gasteiger partial charge on any atom is -0.352 e. The molecule has 0 saturated heterocycles. The normalized spacial score (nSPS) is 31.9. The molecular formula is C18H22BrNO. The van der Waals surface area contributed by atoms with Crippen molar-refractivity contribution in [3.8, 4) is 0 Å². The molecule has 0 aromatic heterocycles. The van der Waals surface area contributed by atoms with E-state index in [1.807, 2.05) is 0 Å². The first-order valence-corrected chi connectivity index (χ1v) is 9.17. The number of hydrogen-bond donors (Lipinski definition) is 1. The molecule has 3 aliphatic rings. The molecule has 4 atom stereocenters. The molecule has 21 heavy (non-hydrogen) atoms. The van der Waals surface area contributed by atoms with Gasteiger partial charge in [0.05, 0.1) is 0 Å². The van der Waals surface area contributed by atoms with Crippen molar-refractivity contribution in [1.29, 1.82) is 0 Å². The molecule has 0 radical (unpaired) electrons. The van der Waals surface area contributed by atoms with Crippen LogP contribution in [0.5, 0.6) is 0 Å². The predicted molar refractivity (Wildman–Crippen MR) is 87.7 cm³/mol. The van der Waals surface area contributed by atoms with E-state index in [9.17, 15) is 4.79 Å². The van der Waals surface area contributed by atoms with Gasteiger partial charge in [-0.15, -0.1) is 0 Å². The molecule has 1 aromatic carbocycles. The fraction of sp³-hybridized carbons (Fsp3) is 0.611. The van der Waals surface area contributed by atoms with E-state index in [-0.39, 0.29) is 5.91 Å². The van der Waals surface area contributed by atoms with E-state index in [0.29, 0.717) is 4.83 Å². The van der Waals surface area contributed by atoms with Gasteiger partial charge in [0.2, 0.25) is 0 Å². The van der Waals surface area contributed by atoms with E-state index < -0.39 is 0 Å². The number of amides is 1. The molecule has 2 bridgehead atoms. The fourth-order valence-corrected chi connectivity index (χ4v) is 5.46. The Hall–Kier alpha value is -0.830. The summed E-state index contributed by atoms with van der Waals surface area (Å²) >= 11 is 3.88. The van der Waals surface area contributed by atoms with E-state index in [1.54, 1.807) is 0 Å². The van der Waals surface area contributed by atoms with Crippen molar-refractivity contribution in [2.45, 2.75) is 43.4 Å². The number of alkyl halides is 1. The van der Waals surface area contributed by atoms with Gasteiger partial charge in [0.1, 0.15) is 0 Å². The molecule has 1 aromatic rings. The SMILES string of the molecule is O=C1NCCc2ccc(C(Br)CC3CC4CCC3C4)cc21. The van der Waals surface area contributed by atoms with Gasteiger partial charge in [-0.3, -0.25) is 4.79 Å². The van der Waals surface area contributed by atoms with E-state index in [2.05, 4.69) is 39.4 Å². The van der Waals surface area contributed by atoms with Gasteiger partial charge in [0.25, 0.3) is 5.91 Å². The summed E-state index contributed by atoms with van der Waals surface area (Å²) in [6.45, 7) is 0.772. The average Bonchev–Trinajstić information content (AvgIpc) is 3.10. The Kier molecular flexibility index (Phi) is 3.56. The van der Waals surface area contributed by atoms with Gasteiger partial charge in [0, 0.05) is 16.9 Å². The Morgan fingerprint density at radius 2 is 2.19 bits per heavy atom. The second kappa shape index (κ2) is 5.42. The summed E-state index contributed by atoms with van der Waals surface area (Å²) < 4.78 is 0. The first kappa shape index (κ1) is 13.8. The van der Waals surface area contributed by atoms with Crippen molar-refractivity contribution in [3.63, 3.8) is 0 Å². The second-order valence-electron chi connectivity index (χ2n) is 7.06. The molecule has 4 rings (SSSR count). The van der Waals surface area contributed by atoms with Crippen molar-refractivity contribution < 1.29 is 4.79 Å². The highest BCUT2D eigenvalue weighted by Gasteiger charge is 2.40. The molecule has 2 nitrogen and oxygen atoms in total. The Morgan fingerprint density at radius 1 is 1.29 bits per heavy atom. The monoisotopic (exact) mass is 347 g/mol. The highest BCUT2D eigenvalue weighted by Crippen LogP contribution is 2.52. The molecule has 1 N–H and O–H groups in total. The van der Waals surface area contributed by atoms with Crippen molar-refractivity contribution >= 4 is 21.8 Å². The standard InChI is InChI=1S/C18H22BrNO/c19-17(10-15-8-11-1-2-13(15)7-11)14-4-3-12-5-6-20-18(21)16(12)9-14/h3-4,9,11,13,15,17H,1-2,5-8,10H2,(H,20,21). The van der Waals surface area contributed by atoms with Gasteiger partial charge < -0.3 is 5.32 Å². The number of nitrogens with one attached hydrogen (secondary N) is 1. The molecule has 1 heterocycles. The zero-order chi connectivity index (χ0) is 14.4. The minimum absolute atomic E-state index is 0.0951. The van der Waals surface area contributed by atoms with Crippen LogP contribution in [0.1, 0.15) is 58.4 Å². The number of benzene rings is 1. The molecule has 0 spiro atoms. The zero-order valence-electron chi connectivity index (χ0n) is 12.3. The van der Waals surface area contributed by atoms with E-state index in [0.717, 1.165) is 36.3 Å². The van der Waals surface area contributed by atoms with Crippen LogP contribution in [-0.2, 0) is 6.42 Å². The van der Waals surface area contributed by atoms with Gasteiger partial charge in [-0.1, -0.05) is 34.5 Å². The smallest absolute Gasteiger partial charge is 0.251 e. The lowest BCUT2D eigenvalue weighted by molar-refractivity contribution is 0.0946. The Bertz CT molecular complexity index is 570. The highest BCUT2D eigenvalue weighted by atomic mass is 79.9. The first-order chi connectivity index (χ1) is 10.2. The van der Waals surface area contributed by atoms with Crippen molar-refractivity contribution in [2.75, 3.05) is 6.54 Å². The van der Waals surface area contributed by atoms with Crippen LogP contribution < -0.4 is 5.32 Å². The summed E-state index contributed by atoms with van der Waals surface area (Å²) in [6, 6.07) is 6.47. The van der Waals surface area contributed by atoms with Crippen molar-refractivity contribution in [2.24, 2.45) is 17.8 Å². The summed E-state index contributed by atoms with van der Waals surface area (Å²) in [5.41, 5.74) is 3.35. The molecule has 1 amide bonds. The predicted octanol–water partition coefficient (Wildman–Crippen LogP) is 4.23. The lowest BCUT2D eigenvalue weighted by atomic mass is 9.84. The van der Waals surface area contributed by atoms with Crippen LogP contribution in [0.3, 0.4) is 0 Å². The van der Waals surface area contributed by atoms with Gasteiger partial charge in [-0.25, -0.2) is 0 Å². The van der Waals surface area contributed by atoms with Gasteiger partial charge in [-0.05, 0) is 67.1 Å². The summed E-state index contributed by atoms with van der Waals surface area (Å²) in [5, 5.41) is 2.95. The quantitative estimate of drug-likeness (QED) is 0.814. The third kappa shape index (κ3) is 2.54. The number of halogens is 1. The van der Waals surface area contributed by atoms with Crippen LogP contribution in [-0.4, -0.2) is 12.5 Å². The van der Waals surface area contributed by atoms with E-state index in [4.69, 9.17) is 0 Å². The third-order valence-corrected chi connectivity index (χ3v) is 6.72. The molecule has 1 aliphatic heterocycles. The lowest BCUT2D eigenvalue weighted by Crippen LogP contribution is -2.31. The second-order valence-corrected chi connectivity index (χ2v) is 8.17. The van der Waals surface area contributed by atoms with Crippen LogP contribution in [0.25, 0.3) is 0 Å². The maximum Gasteiger partial charge on any atom is 0.251 e. The molecule has 3 heteroatoms. The van der Waals surface area contributed by atoms with Crippen LogP contribution >= 0.6 is 15.9 Å². The zero-order valence-corrected chi connectivity index (χ0v) is 13.9. The fourth-order valence-electron chi connectivity index (χ4n) is 4.69. The summed E-state index contributed by atoms with van der Waals surface area (Å²) in [7, 11) is 0. The summed E-state index contributed by atoms with van der Waals surface area (Å²) in [5.74, 6) is 2.96. The van der Waals surface area contributed by atoms with Crippen LogP contribution in [0.15, 0.2) is 18.2 Å². The van der Waals surface area contributed by atoms with Gasteiger partial charge in [-0.2, -0.15) is 0 Å². The van der Waals surface area contributed by atoms with E-state index in [1.165, 1.54) is 43.2 Å². The first-order valence-electron chi connectivity index (χ1n) is 8.26. The molecule has 2 saturated carbocycles. The molecule has 2 aliphatic carbocycles.